The van der Waals surface area contributed by atoms with Crippen LogP contribution < -0.4 is 10.6 Å². The predicted octanol–water partition coefficient (Wildman–Crippen LogP) is 2.66. The second-order valence-electron chi connectivity index (χ2n) is 6.36. The van der Waals surface area contributed by atoms with Crippen LogP contribution in [-0.4, -0.2) is 30.9 Å². The lowest BCUT2D eigenvalue weighted by Gasteiger charge is -2.16. The molecule has 0 aliphatic carbocycles. The Morgan fingerprint density at radius 1 is 1.04 bits per heavy atom. The second-order valence-corrected chi connectivity index (χ2v) is 6.36. The first-order valence-corrected chi connectivity index (χ1v) is 8.68. The van der Waals surface area contributed by atoms with Crippen molar-refractivity contribution in [2.75, 3.05) is 7.11 Å². The van der Waals surface area contributed by atoms with E-state index in [1.807, 2.05) is 57.2 Å². The summed E-state index contributed by atoms with van der Waals surface area (Å²) in [4.78, 5) is 35.8. The van der Waals surface area contributed by atoms with Crippen LogP contribution >= 0.6 is 0 Å². The standard InChI is InChI=1S/C20H28N2O4/c1-14(2)10-11-17(20(25)26-4)22-19(24)13-12-18(23)21-15(3)16-8-6-5-7-9-16/h5-10,15,17H,11-13H2,1-4H3,(H,21,23)(H,22,24)/t15-,17+/m1/s1. The fourth-order valence-electron chi connectivity index (χ4n) is 2.34. The molecule has 0 aromatic heterocycles. The quantitative estimate of drug-likeness (QED) is 0.524. The van der Waals surface area contributed by atoms with Gasteiger partial charge in [0, 0.05) is 12.8 Å². The number of esters is 1. The van der Waals surface area contributed by atoms with E-state index in [4.69, 9.17) is 4.74 Å². The molecule has 2 amide bonds. The Hall–Kier alpha value is -2.63. The zero-order chi connectivity index (χ0) is 19.5. The number of allylic oxidation sites excluding steroid dienone is 1. The highest BCUT2D eigenvalue weighted by atomic mass is 16.5. The Labute approximate surface area is 155 Å². The molecule has 0 aliphatic heterocycles. The molecule has 6 heteroatoms. The van der Waals surface area contributed by atoms with Gasteiger partial charge >= 0.3 is 5.97 Å². The normalized spacial score (nSPS) is 12.5. The molecule has 26 heavy (non-hydrogen) atoms. The number of rotatable bonds is 9. The van der Waals surface area contributed by atoms with E-state index >= 15 is 0 Å². The number of hydrogen-bond acceptors (Lipinski definition) is 4. The Balaban J connectivity index is 2.47. The number of carbonyl (C=O) groups is 3. The predicted molar refractivity (Wildman–Crippen MR) is 100 cm³/mol. The summed E-state index contributed by atoms with van der Waals surface area (Å²) in [6, 6.07) is 8.72. The molecule has 1 rings (SSSR count). The van der Waals surface area contributed by atoms with Gasteiger partial charge in [-0.1, -0.05) is 42.0 Å². The van der Waals surface area contributed by atoms with Gasteiger partial charge in [-0.25, -0.2) is 4.79 Å². The second kappa shape index (κ2) is 11.1. The summed E-state index contributed by atoms with van der Waals surface area (Å²) in [5.74, 6) is -1.07. The molecule has 1 aromatic rings. The third kappa shape index (κ3) is 7.96. The van der Waals surface area contributed by atoms with E-state index in [2.05, 4.69) is 10.6 Å². The summed E-state index contributed by atoms with van der Waals surface area (Å²) < 4.78 is 4.71. The fraction of sp³-hybridized carbons (Fsp3) is 0.450. The number of methoxy groups -OCH3 is 1. The van der Waals surface area contributed by atoms with Gasteiger partial charge in [-0.2, -0.15) is 0 Å². The molecular formula is C20H28N2O4. The van der Waals surface area contributed by atoms with Crippen LogP contribution in [0.1, 0.15) is 51.6 Å². The Morgan fingerprint density at radius 2 is 1.62 bits per heavy atom. The highest BCUT2D eigenvalue weighted by Crippen LogP contribution is 2.11. The number of ether oxygens (including phenoxy) is 1. The van der Waals surface area contributed by atoms with E-state index in [0.717, 1.165) is 11.1 Å². The Bertz CT molecular complexity index is 636. The first kappa shape index (κ1) is 21.4. The van der Waals surface area contributed by atoms with E-state index in [-0.39, 0.29) is 30.7 Å². The number of hydrogen-bond donors (Lipinski definition) is 2. The van der Waals surface area contributed by atoms with Gasteiger partial charge in [-0.3, -0.25) is 9.59 Å². The third-order valence-corrected chi connectivity index (χ3v) is 3.84. The molecule has 0 unspecified atom stereocenters. The van der Waals surface area contributed by atoms with Gasteiger partial charge in [0.25, 0.3) is 0 Å². The molecule has 0 bridgehead atoms. The number of benzene rings is 1. The molecule has 1 aromatic carbocycles. The van der Waals surface area contributed by atoms with Crippen LogP contribution in [0.25, 0.3) is 0 Å². The van der Waals surface area contributed by atoms with Crippen molar-refractivity contribution in [2.45, 2.75) is 52.1 Å². The molecule has 0 fully saturated rings. The highest BCUT2D eigenvalue weighted by molar-refractivity contribution is 5.87. The minimum Gasteiger partial charge on any atom is -0.467 e. The van der Waals surface area contributed by atoms with Gasteiger partial charge in [-0.05, 0) is 32.8 Å². The number of nitrogens with one attached hydrogen (secondary N) is 2. The minimum atomic E-state index is -0.742. The van der Waals surface area contributed by atoms with Crippen molar-refractivity contribution in [3.63, 3.8) is 0 Å². The average molecular weight is 360 g/mol. The first-order chi connectivity index (χ1) is 12.3. The number of amides is 2. The molecule has 0 aliphatic rings. The van der Waals surface area contributed by atoms with Crippen molar-refractivity contribution in [1.82, 2.24) is 10.6 Å². The summed E-state index contributed by atoms with van der Waals surface area (Å²) in [6.45, 7) is 5.71. The van der Waals surface area contributed by atoms with Crippen molar-refractivity contribution in [3.8, 4) is 0 Å². The van der Waals surface area contributed by atoms with Crippen LogP contribution in [0.3, 0.4) is 0 Å². The molecule has 0 radical (unpaired) electrons. The van der Waals surface area contributed by atoms with E-state index in [1.165, 1.54) is 7.11 Å². The Morgan fingerprint density at radius 3 is 2.15 bits per heavy atom. The lowest BCUT2D eigenvalue weighted by atomic mass is 10.1. The summed E-state index contributed by atoms with van der Waals surface area (Å²) >= 11 is 0. The summed E-state index contributed by atoms with van der Waals surface area (Å²) in [6.07, 6.45) is 2.28. The van der Waals surface area contributed by atoms with Crippen molar-refractivity contribution < 1.29 is 19.1 Å². The lowest BCUT2D eigenvalue weighted by molar-refractivity contribution is -0.145. The van der Waals surface area contributed by atoms with Gasteiger partial charge in [0.15, 0.2) is 0 Å². The molecular weight excluding hydrogens is 332 g/mol. The molecule has 2 N–H and O–H groups in total. The van der Waals surface area contributed by atoms with Crippen LogP contribution in [0.2, 0.25) is 0 Å². The maximum absolute atomic E-state index is 12.1. The first-order valence-electron chi connectivity index (χ1n) is 8.68. The molecule has 0 spiro atoms. The van der Waals surface area contributed by atoms with Crippen molar-refractivity contribution in [3.05, 3.63) is 47.5 Å². The van der Waals surface area contributed by atoms with Gasteiger partial charge < -0.3 is 15.4 Å². The zero-order valence-electron chi connectivity index (χ0n) is 15.9. The molecule has 0 saturated carbocycles. The van der Waals surface area contributed by atoms with Gasteiger partial charge in [0.1, 0.15) is 6.04 Å². The fourth-order valence-corrected chi connectivity index (χ4v) is 2.34. The topological polar surface area (TPSA) is 84.5 Å². The molecule has 6 nitrogen and oxygen atoms in total. The smallest absolute Gasteiger partial charge is 0.328 e. The summed E-state index contributed by atoms with van der Waals surface area (Å²) in [7, 11) is 1.28. The van der Waals surface area contributed by atoms with E-state index in [0.29, 0.717) is 6.42 Å². The third-order valence-electron chi connectivity index (χ3n) is 3.84. The van der Waals surface area contributed by atoms with E-state index in [9.17, 15) is 14.4 Å². The van der Waals surface area contributed by atoms with Gasteiger partial charge in [-0.15, -0.1) is 0 Å². The van der Waals surface area contributed by atoms with Crippen LogP contribution in [-0.2, 0) is 19.1 Å². The SMILES string of the molecule is COC(=O)[C@H](CC=C(C)C)NC(=O)CCC(=O)N[C@H](C)c1ccccc1. The lowest BCUT2D eigenvalue weighted by Crippen LogP contribution is -2.41. The van der Waals surface area contributed by atoms with Crippen LogP contribution in [0.5, 0.6) is 0 Å². The molecule has 142 valence electrons. The maximum atomic E-state index is 12.1. The van der Waals surface area contributed by atoms with Crippen molar-refractivity contribution >= 4 is 17.8 Å². The highest BCUT2D eigenvalue weighted by Gasteiger charge is 2.20. The van der Waals surface area contributed by atoms with Gasteiger partial charge in [0.05, 0.1) is 13.2 Å². The van der Waals surface area contributed by atoms with Crippen molar-refractivity contribution in [1.29, 1.82) is 0 Å². The number of carbonyl (C=O) groups excluding carboxylic acids is 3. The van der Waals surface area contributed by atoms with Crippen LogP contribution in [0.15, 0.2) is 42.0 Å². The molecule has 0 saturated heterocycles. The zero-order valence-corrected chi connectivity index (χ0v) is 15.9. The molecule has 2 atom stereocenters. The average Bonchev–Trinajstić information content (AvgIpc) is 2.63. The maximum Gasteiger partial charge on any atom is 0.328 e. The summed E-state index contributed by atoms with van der Waals surface area (Å²) in [5.41, 5.74) is 2.04. The largest absolute Gasteiger partial charge is 0.467 e. The van der Waals surface area contributed by atoms with Crippen LogP contribution in [0, 0.1) is 0 Å². The van der Waals surface area contributed by atoms with Crippen LogP contribution in [0.4, 0.5) is 0 Å². The Kier molecular flexibility index (Phi) is 9.12. The minimum absolute atomic E-state index is 0.00958. The van der Waals surface area contributed by atoms with E-state index in [1.54, 1.807) is 0 Å². The monoisotopic (exact) mass is 360 g/mol. The molecule has 0 heterocycles. The van der Waals surface area contributed by atoms with E-state index < -0.39 is 12.0 Å². The van der Waals surface area contributed by atoms with Crippen molar-refractivity contribution in [2.24, 2.45) is 0 Å². The van der Waals surface area contributed by atoms with Gasteiger partial charge in [0.2, 0.25) is 11.8 Å². The summed E-state index contributed by atoms with van der Waals surface area (Å²) in [5, 5.41) is 5.48.